The molecule has 1 aromatic carbocycles. The summed E-state index contributed by atoms with van der Waals surface area (Å²) in [5.41, 5.74) is 6.16. The molecular weight excluding hydrogens is 346 g/mol. The Morgan fingerprint density at radius 2 is 2.25 bits per heavy atom. The standard InChI is InChI=1S/C13H15BrClN3O2/c14-10-4-9(5-11(15)6-10)13(19)18-3-1-2-8(7-18)12(16)17-20/h4-6,8,20H,1-3,7H2,(H2,16,17). The Kier molecular flexibility index (Phi) is 4.88. The Morgan fingerprint density at radius 3 is 2.90 bits per heavy atom. The number of carbonyl (C=O) groups excluding carboxylic acids is 1. The molecule has 0 spiro atoms. The molecule has 1 amide bonds. The number of carbonyl (C=O) groups is 1. The van der Waals surface area contributed by atoms with Gasteiger partial charge in [0.25, 0.3) is 5.91 Å². The van der Waals surface area contributed by atoms with Crippen LogP contribution in [0.5, 0.6) is 0 Å². The smallest absolute Gasteiger partial charge is 0.253 e. The average molecular weight is 361 g/mol. The lowest BCUT2D eigenvalue weighted by Crippen LogP contribution is -2.44. The first-order valence-electron chi connectivity index (χ1n) is 6.24. The summed E-state index contributed by atoms with van der Waals surface area (Å²) in [5.74, 6) is -0.0151. The zero-order chi connectivity index (χ0) is 14.7. The SMILES string of the molecule is N/C(=N/O)C1CCCN(C(=O)c2cc(Cl)cc(Br)c2)C1. The van der Waals surface area contributed by atoms with Crippen molar-refractivity contribution in [2.45, 2.75) is 12.8 Å². The van der Waals surface area contributed by atoms with Crippen LogP contribution in [0.4, 0.5) is 0 Å². The number of amidine groups is 1. The van der Waals surface area contributed by atoms with Crippen LogP contribution >= 0.6 is 27.5 Å². The Hall–Kier alpha value is -1.27. The van der Waals surface area contributed by atoms with Crippen molar-refractivity contribution in [2.75, 3.05) is 13.1 Å². The molecule has 0 aromatic heterocycles. The number of oxime groups is 1. The van der Waals surface area contributed by atoms with Crippen LogP contribution in [-0.2, 0) is 0 Å². The van der Waals surface area contributed by atoms with E-state index in [9.17, 15) is 4.79 Å². The molecule has 0 bridgehead atoms. The van der Waals surface area contributed by atoms with Crippen LogP contribution in [0.25, 0.3) is 0 Å². The third kappa shape index (κ3) is 3.43. The summed E-state index contributed by atoms with van der Waals surface area (Å²) in [5, 5.41) is 12.3. The van der Waals surface area contributed by atoms with Gasteiger partial charge in [0.05, 0.1) is 0 Å². The van der Waals surface area contributed by atoms with Gasteiger partial charge in [-0.25, -0.2) is 0 Å². The maximum atomic E-state index is 12.5. The molecule has 0 saturated carbocycles. The normalized spacial score (nSPS) is 20.0. The first-order chi connectivity index (χ1) is 9.51. The molecule has 1 atom stereocenters. The Labute approximate surface area is 130 Å². The summed E-state index contributed by atoms with van der Waals surface area (Å²) in [6, 6.07) is 5.11. The monoisotopic (exact) mass is 359 g/mol. The van der Waals surface area contributed by atoms with Crippen LogP contribution < -0.4 is 5.73 Å². The molecule has 3 N–H and O–H groups in total. The molecular formula is C13H15BrClN3O2. The maximum Gasteiger partial charge on any atom is 0.253 e. The number of hydrogen-bond acceptors (Lipinski definition) is 3. The quantitative estimate of drug-likeness (QED) is 0.368. The van der Waals surface area contributed by atoms with Crippen LogP contribution in [0.3, 0.4) is 0 Å². The summed E-state index contributed by atoms with van der Waals surface area (Å²) in [7, 11) is 0. The minimum atomic E-state index is -0.0969. The minimum Gasteiger partial charge on any atom is -0.409 e. The van der Waals surface area contributed by atoms with E-state index >= 15 is 0 Å². The molecule has 1 fully saturated rings. The van der Waals surface area contributed by atoms with E-state index < -0.39 is 0 Å². The van der Waals surface area contributed by atoms with Crippen molar-refractivity contribution in [3.63, 3.8) is 0 Å². The van der Waals surface area contributed by atoms with Crippen LogP contribution in [0.1, 0.15) is 23.2 Å². The van der Waals surface area contributed by atoms with E-state index in [0.29, 0.717) is 23.7 Å². The highest BCUT2D eigenvalue weighted by molar-refractivity contribution is 9.10. The summed E-state index contributed by atoms with van der Waals surface area (Å²) in [4.78, 5) is 14.2. The number of halogens is 2. The minimum absolute atomic E-state index is 0.0939. The lowest BCUT2D eigenvalue weighted by molar-refractivity contribution is 0.0701. The zero-order valence-corrected chi connectivity index (χ0v) is 13.1. The number of nitrogens with zero attached hydrogens (tertiary/aromatic N) is 2. The van der Waals surface area contributed by atoms with Gasteiger partial charge in [-0.15, -0.1) is 0 Å². The predicted octanol–water partition coefficient (Wildman–Crippen LogP) is 2.70. The second-order valence-corrected chi connectivity index (χ2v) is 6.13. The van der Waals surface area contributed by atoms with Crippen LogP contribution in [0, 0.1) is 5.92 Å². The summed E-state index contributed by atoms with van der Waals surface area (Å²) in [6.45, 7) is 1.12. The lowest BCUT2D eigenvalue weighted by atomic mass is 9.96. The van der Waals surface area contributed by atoms with E-state index in [1.807, 2.05) is 0 Å². The van der Waals surface area contributed by atoms with Crippen molar-refractivity contribution < 1.29 is 10.0 Å². The summed E-state index contributed by atoms with van der Waals surface area (Å²) < 4.78 is 0.762. The van der Waals surface area contributed by atoms with Crippen molar-refractivity contribution in [1.29, 1.82) is 0 Å². The number of piperidine rings is 1. The molecule has 1 heterocycles. The van der Waals surface area contributed by atoms with Crippen LogP contribution in [-0.4, -0.2) is 34.9 Å². The Balaban J connectivity index is 2.16. The molecule has 20 heavy (non-hydrogen) atoms. The van der Waals surface area contributed by atoms with Crippen molar-refractivity contribution >= 4 is 39.3 Å². The topological polar surface area (TPSA) is 78.9 Å². The number of amides is 1. The highest BCUT2D eigenvalue weighted by Crippen LogP contribution is 2.23. The Morgan fingerprint density at radius 1 is 1.50 bits per heavy atom. The molecule has 7 heteroatoms. The van der Waals surface area contributed by atoms with Gasteiger partial charge in [-0.05, 0) is 31.0 Å². The third-order valence-electron chi connectivity index (χ3n) is 3.35. The molecule has 5 nitrogen and oxygen atoms in total. The molecule has 0 aliphatic carbocycles. The van der Waals surface area contributed by atoms with Gasteiger partial charge >= 0.3 is 0 Å². The molecule has 0 radical (unpaired) electrons. The van der Waals surface area contributed by atoms with E-state index in [0.717, 1.165) is 17.3 Å². The van der Waals surface area contributed by atoms with Crippen molar-refractivity contribution in [3.8, 4) is 0 Å². The van der Waals surface area contributed by atoms with E-state index in [1.165, 1.54) is 0 Å². The van der Waals surface area contributed by atoms with Gasteiger partial charge < -0.3 is 15.8 Å². The fraction of sp³-hybridized carbons (Fsp3) is 0.385. The number of rotatable bonds is 2. The molecule has 1 unspecified atom stereocenters. The van der Waals surface area contributed by atoms with Gasteiger partial charge in [-0.1, -0.05) is 32.7 Å². The van der Waals surface area contributed by atoms with Gasteiger partial charge in [-0.2, -0.15) is 0 Å². The highest BCUT2D eigenvalue weighted by atomic mass is 79.9. The maximum absolute atomic E-state index is 12.5. The fourth-order valence-electron chi connectivity index (χ4n) is 2.34. The van der Waals surface area contributed by atoms with Crippen molar-refractivity contribution in [2.24, 2.45) is 16.8 Å². The first kappa shape index (κ1) is 15.1. The molecule has 1 saturated heterocycles. The number of benzene rings is 1. The van der Waals surface area contributed by atoms with E-state index in [-0.39, 0.29) is 17.7 Å². The second kappa shape index (κ2) is 6.45. The highest BCUT2D eigenvalue weighted by Gasteiger charge is 2.27. The second-order valence-electron chi connectivity index (χ2n) is 4.77. The largest absolute Gasteiger partial charge is 0.409 e. The summed E-state index contributed by atoms with van der Waals surface area (Å²) in [6.07, 6.45) is 1.65. The predicted molar refractivity (Wildman–Crippen MR) is 81.2 cm³/mol. The van der Waals surface area contributed by atoms with Crippen LogP contribution in [0.15, 0.2) is 27.8 Å². The Bertz CT molecular complexity index is 530. The van der Waals surface area contributed by atoms with E-state index in [2.05, 4.69) is 21.1 Å². The van der Waals surface area contributed by atoms with Gasteiger partial charge in [-0.3, -0.25) is 4.79 Å². The average Bonchev–Trinajstić information content (AvgIpc) is 2.44. The third-order valence-corrected chi connectivity index (χ3v) is 4.03. The number of nitrogens with two attached hydrogens (primary N) is 1. The van der Waals surface area contributed by atoms with E-state index in [4.69, 9.17) is 22.5 Å². The van der Waals surface area contributed by atoms with Crippen molar-refractivity contribution in [3.05, 3.63) is 33.3 Å². The van der Waals surface area contributed by atoms with Gasteiger partial charge in [0.2, 0.25) is 0 Å². The van der Waals surface area contributed by atoms with Crippen LogP contribution in [0.2, 0.25) is 5.02 Å². The zero-order valence-electron chi connectivity index (χ0n) is 10.7. The molecule has 1 aliphatic heterocycles. The molecule has 1 aliphatic rings. The van der Waals surface area contributed by atoms with Gasteiger partial charge in [0.1, 0.15) is 5.84 Å². The summed E-state index contributed by atoms with van der Waals surface area (Å²) >= 11 is 9.29. The lowest BCUT2D eigenvalue weighted by Gasteiger charge is -2.32. The number of hydrogen-bond donors (Lipinski definition) is 2. The first-order valence-corrected chi connectivity index (χ1v) is 7.41. The molecule has 108 valence electrons. The van der Waals surface area contributed by atoms with Gasteiger partial charge in [0, 0.05) is 34.1 Å². The molecule has 1 aromatic rings. The van der Waals surface area contributed by atoms with Crippen molar-refractivity contribution in [1.82, 2.24) is 4.90 Å². The number of likely N-dealkylation sites (tertiary alicyclic amines) is 1. The fourth-order valence-corrected chi connectivity index (χ4v) is 3.20. The molecule has 2 rings (SSSR count). The van der Waals surface area contributed by atoms with Gasteiger partial charge in [0.15, 0.2) is 0 Å². The van der Waals surface area contributed by atoms with E-state index in [1.54, 1.807) is 23.1 Å².